The number of carbonyl (C=O) groups is 1. The lowest BCUT2D eigenvalue weighted by molar-refractivity contribution is -0.130. The van der Waals surface area contributed by atoms with Crippen LogP contribution in [0.4, 0.5) is 0 Å². The Hall–Kier alpha value is -0.680. The van der Waals surface area contributed by atoms with E-state index in [0.717, 1.165) is 35.3 Å². The fourth-order valence-electron chi connectivity index (χ4n) is 2.18. The Balaban J connectivity index is 1.74. The van der Waals surface area contributed by atoms with Crippen molar-refractivity contribution in [3.63, 3.8) is 0 Å². The SMILES string of the molecule is O=C(CCC[S@](=O)c1ccc(Br)cc1)N1CCCC1. The van der Waals surface area contributed by atoms with Crippen LogP contribution in [0, 0.1) is 0 Å². The zero-order valence-corrected chi connectivity index (χ0v) is 13.2. The Morgan fingerprint density at radius 1 is 1.21 bits per heavy atom. The summed E-state index contributed by atoms with van der Waals surface area (Å²) in [5.41, 5.74) is 0. The van der Waals surface area contributed by atoms with Gasteiger partial charge in [0.15, 0.2) is 0 Å². The van der Waals surface area contributed by atoms with Crippen LogP contribution >= 0.6 is 15.9 Å². The number of likely N-dealkylation sites (tertiary alicyclic amines) is 1. The summed E-state index contributed by atoms with van der Waals surface area (Å²) in [5, 5.41) is 0. The normalized spacial score (nSPS) is 16.6. The number of benzene rings is 1. The second-order valence-electron chi connectivity index (χ2n) is 4.70. The van der Waals surface area contributed by atoms with Crippen LogP contribution in [-0.2, 0) is 15.6 Å². The van der Waals surface area contributed by atoms with Crippen molar-refractivity contribution >= 4 is 32.6 Å². The minimum atomic E-state index is -1.00. The largest absolute Gasteiger partial charge is 0.343 e. The molecule has 1 fully saturated rings. The molecule has 1 aliphatic heterocycles. The van der Waals surface area contributed by atoms with Crippen molar-refractivity contribution in [3.05, 3.63) is 28.7 Å². The molecule has 1 amide bonds. The monoisotopic (exact) mass is 343 g/mol. The first-order valence-corrected chi connectivity index (χ1v) is 8.70. The summed E-state index contributed by atoms with van der Waals surface area (Å²) in [6.45, 7) is 1.79. The van der Waals surface area contributed by atoms with Gasteiger partial charge in [-0.25, -0.2) is 0 Å². The molecular formula is C14H18BrNO2S. The number of nitrogens with zero attached hydrogens (tertiary/aromatic N) is 1. The van der Waals surface area contributed by atoms with Gasteiger partial charge in [-0.15, -0.1) is 0 Å². The minimum Gasteiger partial charge on any atom is -0.343 e. The van der Waals surface area contributed by atoms with Crippen molar-refractivity contribution in [1.82, 2.24) is 4.90 Å². The molecule has 0 unspecified atom stereocenters. The van der Waals surface area contributed by atoms with Crippen LogP contribution < -0.4 is 0 Å². The lowest BCUT2D eigenvalue weighted by Gasteiger charge is -2.14. The van der Waals surface area contributed by atoms with E-state index in [-0.39, 0.29) is 5.91 Å². The number of amides is 1. The fraction of sp³-hybridized carbons (Fsp3) is 0.500. The topological polar surface area (TPSA) is 37.4 Å². The molecule has 0 bridgehead atoms. The Morgan fingerprint density at radius 3 is 2.47 bits per heavy atom. The zero-order valence-electron chi connectivity index (χ0n) is 10.8. The molecule has 1 aliphatic rings. The number of rotatable bonds is 5. The average molecular weight is 344 g/mol. The van der Waals surface area contributed by atoms with Gasteiger partial charge < -0.3 is 4.90 Å². The first-order valence-electron chi connectivity index (χ1n) is 6.58. The number of hydrogen-bond acceptors (Lipinski definition) is 2. The number of halogens is 1. The van der Waals surface area contributed by atoms with Gasteiger partial charge in [0.05, 0.1) is 10.8 Å². The molecule has 1 heterocycles. The third-order valence-corrected chi connectivity index (χ3v) is 5.24. The van der Waals surface area contributed by atoms with Gasteiger partial charge >= 0.3 is 0 Å². The van der Waals surface area contributed by atoms with Crippen molar-refractivity contribution in [2.24, 2.45) is 0 Å². The van der Waals surface area contributed by atoms with Crippen molar-refractivity contribution in [3.8, 4) is 0 Å². The first-order chi connectivity index (χ1) is 9.16. The summed E-state index contributed by atoms with van der Waals surface area (Å²) in [7, 11) is -1.00. The molecule has 0 aliphatic carbocycles. The van der Waals surface area contributed by atoms with E-state index < -0.39 is 10.8 Å². The lowest BCUT2D eigenvalue weighted by Crippen LogP contribution is -2.27. The summed E-state index contributed by atoms with van der Waals surface area (Å²) < 4.78 is 13.0. The molecule has 1 aromatic rings. The van der Waals surface area contributed by atoms with Gasteiger partial charge in [-0.2, -0.15) is 0 Å². The highest BCUT2D eigenvalue weighted by Gasteiger charge is 2.17. The van der Waals surface area contributed by atoms with Gasteiger partial charge in [-0.05, 0) is 43.5 Å². The van der Waals surface area contributed by atoms with Crippen LogP contribution in [0.5, 0.6) is 0 Å². The Bertz CT molecular complexity index is 455. The molecule has 19 heavy (non-hydrogen) atoms. The molecular weight excluding hydrogens is 326 g/mol. The molecule has 1 saturated heterocycles. The van der Waals surface area contributed by atoms with Crippen LogP contribution in [0.2, 0.25) is 0 Å². The smallest absolute Gasteiger partial charge is 0.222 e. The quantitative estimate of drug-likeness (QED) is 0.824. The van der Waals surface area contributed by atoms with Crippen LogP contribution in [0.15, 0.2) is 33.6 Å². The van der Waals surface area contributed by atoms with Crippen molar-refractivity contribution in [2.75, 3.05) is 18.8 Å². The molecule has 1 aromatic carbocycles. The molecule has 0 saturated carbocycles. The molecule has 0 N–H and O–H groups in total. The number of carbonyl (C=O) groups excluding carboxylic acids is 1. The highest BCUT2D eigenvalue weighted by molar-refractivity contribution is 9.10. The molecule has 3 nitrogen and oxygen atoms in total. The van der Waals surface area contributed by atoms with Crippen molar-refractivity contribution in [2.45, 2.75) is 30.6 Å². The summed E-state index contributed by atoms with van der Waals surface area (Å²) in [5.74, 6) is 0.770. The predicted octanol–water partition coefficient (Wildman–Crippen LogP) is 2.96. The van der Waals surface area contributed by atoms with E-state index in [4.69, 9.17) is 0 Å². The summed E-state index contributed by atoms with van der Waals surface area (Å²) in [6.07, 6.45) is 3.45. The third kappa shape index (κ3) is 4.42. The van der Waals surface area contributed by atoms with Crippen molar-refractivity contribution in [1.29, 1.82) is 0 Å². The van der Waals surface area contributed by atoms with E-state index in [9.17, 15) is 9.00 Å². The Kier molecular flexibility index (Phi) is 5.58. The highest BCUT2D eigenvalue weighted by Crippen LogP contribution is 2.15. The predicted molar refractivity (Wildman–Crippen MR) is 80.5 cm³/mol. The van der Waals surface area contributed by atoms with Gasteiger partial charge in [0.2, 0.25) is 5.91 Å². The van der Waals surface area contributed by atoms with Gasteiger partial charge in [-0.3, -0.25) is 9.00 Å². The second-order valence-corrected chi connectivity index (χ2v) is 7.18. The van der Waals surface area contributed by atoms with Crippen LogP contribution in [0.25, 0.3) is 0 Å². The minimum absolute atomic E-state index is 0.213. The molecule has 0 spiro atoms. The highest BCUT2D eigenvalue weighted by atomic mass is 79.9. The second kappa shape index (κ2) is 7.20. The molecule has 0 radical (unpaired) electrons. The average Bonchev–Trinajstić information content (AvgIpc) is 2.93. The first kappa shape index (κ1) is 14.7. The van der Waals surface area contributed by atoms with E-state index in [0.29, 0.717) is 18.6 Å². The maximum absolute atomic E-state index is 12.0. The summed E-state index contributed by atoms with van der Waals surface area (Å²) >= 11 is 3.35. The van der Waals surface area contributed by atoms with Gasteiger partial charge in [0.1, 0.15) is 0 Å². The molecule has 2 rings (SSSR count). The van der Waals surface area contributed by atoms with Gasteiger partial charge in [-0.1, -0.05) is 15.9 Å². The zero-order chi connectivity index (χ0) is 13.7. The Labute approximate surface area is 125 Å². The molecule has 5 heteroatoms. The van der Waals surface area contributed by atoms with Crippen LogP contribution in [-0.4, -0.2) is 33.9 Å². The summed E-state index contributed by atoms with van der Waals surface area (Å²) in [4.78, 5) is 14.6. The van der Waals surface area contributed by atoms with Crippen LogP contribution in [0.1, 0.15) is 25.7 Å². The maximum atomic E-state index is 12.0. The van der Waals surface area contributed by atoms with Gasteiger partial charge in [0, 0.05) is 34.6 Å². The lowest BCUT2D eigenvalue weighted by atomic mass is 10.3. The molecule has 1 atom stereocenters. The van der Waals surface area contributed by atoms with E-state index in [1.54, 1.807) is 0 Å². The van der Waals surface area contributed by atoms with Crippen molar-refractivity contribution < 1.29 is 9.00 Å². The van der Waals surface area contributed by atoms with E-state index >= 15 is 0 Å². The maximum Gasteiger partial charge on any atom is 0.222 e. The molecule has 104 valence electrons. The van der Waals surface area contributed by atoms with E-state index in [1.165, 1.54) is 0 Å². The fourth-order valence-corrected chi connectivity index (χ4v) is 3.53. The third-order valence-electron chi connectivity index (χ3n) is 3.26. The van der Waals surface area contributed by atoms with E-state index in [1.807, 2.05) is 29.2 Å². The van der Waals surface area contributed by atoms with Crippen LogP contribution in [0.3, 0.4) is 0 Å². The standard InChI is InChI=1S/C14H18BrNO2S/c15-12-5-7-13(8-6-12)19(18)11-3-4-14(17)16-9-1-2-10-16/h5-8H,1-4,9-11H2/t19-/m0/s1. The summed E-state index contributed by atoms with van der Waals surface area (Å²) in [6, 6.07) is 7.51. The Morgan fingerprint density at radius 2 is 1.84 bits per heavy atom. The number of hydrogen-bond donors (Lipinski definition) is 0. The molecule has 0 aromatic heterocycles. The van der Waals surface area contributed by atoms with E-state index in [2.05, 4.69) is 15.9 Å². The van der Waals surface area contributed by atoms with Gasteiger partial charge in [0.25, 0.3) is 0 Å².